The van der Waals surface area contributed by atoms with Crippen molar-refractivity contribution in [1.82, 2.24) is 14.8 Å². The van der Waals surface area contributed by atoms with E-state index >= 15 is 0 Å². The van der Waals surface area contributed by atoms with Gasteiger partial charge in [-0.05, 0) is 30.0 Å². The Bertz CT molecular complexity index is 425. The monoisotopic (exact) mass is 225 g/mol. The molecule has 1 saturated carbocycles. The van der Waals surface area contributed by atoms with E-state index in [1.807, 2.05) is 0 Å². The number of H-pyrrole nitrogens is 1. The molecule has 15 heavy (non-hydrogen) atoms. The molecule has 0 spiro atoms. The summed E-state index contributed by atoms with van der Waals surface area (Å²) in [5.41, 5.74) is 0.641. The van der Waals surface area contributed by atoms with E-state index in [4.69, 9.17) is 12.2 Å². The topological polar surface area (TPSA) is 33.6 Å². The fourth-order valence-electron chi connectivity index (χ4n) is 2.70. The summed E-state index contributed by atoms with van der Waals surface area (Å²) in [5.74, 6) is 1.63. The van der Waals surface area contributed by atoms with Crippen LogP contribution in [0.4, 0.5) is 0 Å². The number of hydrogen-bond donors (Lipinski definition) is 1. The second kappa shape index (κ2) is 2.94. The molecule has 1 N–H and O–H groups in total. The molecule has 1 aliphatic rings. The fraction of sp³-hybridized carbons (Fsp3) is 0.818. The Balaban J connectivity index is 2.46. The highest BCUT2D eigenvalue weighted by atomic mass is 32.1. The second-order valence-electron chi connectivity index (χ2n) is 5.51. The minimum Gasteiger partial charge on any atom is -0.304 e. The molecule has 0 aromatic carbocycles. The molecule has 0 aliphatic heterocycles. The van der Waals surface area contributed by atoms with E-state index in [9.17, 15) is 0 Å². The van der Waals surface area contributed by atoms with E-state index in [1.54, 1.807) is 0 Å². The first kappa shape index (κ1) is 10.9. The lowest BCUT2D eigenvalue weighted by atomic mass is 10.0. The van der Waals surface area contributed by atoms with Gasteiger partial charge in [0.1, 0.15) is 5.82 Å². The van der Waals surface area contributed by atoms with Gasteiger partial charge in [-0.2, -0.15) is 5.10 Å². The minimum atomic E-state index is 0.320. The lowest BCUT2D eigenvalue weighted by Crippen LogP contribution is -2.03. The van der Waals surface area contributed by atoms with E-state index in [1.165, 1.54) is 0 Å². The maximum atomic E-state index is 5.21. The summed E-state index contributed by atoms with van der Waals surface area (Å²) in [4.78, 5) is 0. The maximum absolute atomic E-state index is 5.21. The van der Waals surface area contributed by atoms with Crippen molar-refractivity contribution in [3.05, 3.63) is 10.6 Å². The molecule has 1 aromatic heterocycles. The van der Waals surface area contributed by atoms with Crippen LogP contribution in [0.25, 0.3) is 0 Å². The van der Waals surface area contributed by atoms with Crippen molar-refractivity contribution >= 4 is 12.2 Å². The van der Waals surface area contributed by atoms with Crippen molar-refractivity contribution in [2.75, 3.05) is 0 Å². The number of nitrogens with one attached hydrogen (secondary N) is 1. The Kier molecular flexibility index (Phi) is 2.13. The molecular formula is C11H19N3S. The molecule has 2 rings (SSSR count). The number of aromatic nitrogens is 3. The molecule has 3 nitrogen and oxygen atoms in total. The van der Waals surface area contributed by atoms with Crippen LogP contribution in [0.2, 0.25) is 0 Å². The molecule has 0 radical (unpaired) electrons. The highest BCUT2D eigenvalue weighted by molar-refractivity contribution is 7.71. The normalized spacial score (nSPS) is 23.0. The first-order chi connectivity index (χ1) is 6.84. The van der Waals surface area contributed by atoms with Crippen molar-refractivity contribution in [3.63, 3.8) is 0 Å². The average molecular weight is 225 g/mol. The minimum absolute atomic E-state index is 0.320. The number of rotatable bonds is 2. The maximum Gasteiger partial charge on any atom is 0.195 e. The molecule has 84 valence electrons. The molecule has 0 unspecified atom stereocenters. The van der Waals surface area contributed by atoms with E-state index in [2.05, 4.69) is 49.4 Å². The van der Waals surface area contributed by atoms with Gasteiger partial charge in [-0.25, -0.2) is 0 Å². The molecule has 4 heteroatoms. The van der Waals surface area contributed by atoms with Gasteiger partial charge in [-0.15, -0.1) is 0 Å². The lowest BCUT2D eigenvalue weighted by molar-refractivity contribution is 0.457. The molecular weight excluding hydrogens is 206 g/mol. The Morgan fingerprint density at radius 1 is 1.33 bits per heavy atom. The van der Waals surface area contributed by atoms with Crippen LogP contribution in [0, 0.1) is 15.6 Å². The molecule has 0 bridgehead atoms. The second-order valence-corrected chi connectivity index (χ2v) is 5.89. The predicted molar refractivity (Wildman–Crippen MR) is 63.4 cm³/mol. The van der Waals surface area contributed by atoms with Gasteiger partial charge < -0.3 is 4.57 Å². The van der Waals surface area contributed by atoms with E-state index < -0.39 is 0 Å². The highest BCUT2D eigenvalue weighted by Crippen LogP contribution is 2.73. The SMILES string of the molecule is CCn1c(C2C(C)(C)C2(C)C)n[nH]c1=S. The summed E-state index contributed by atoms with van der Waals surface area (Å²) in [6, 6.07) is 0. The molecule has 1 heterocycles. The van der Waals surface area contributed by atoms with Crippen LogP contribution >= 0.6 is 12.2 Å². The zero-order valence-electron chi connectivity index (χ0n) is 10.1. The first-order valence-electron chi connectivity index (χ1n) is 5.49. The van der Waals surface area contributed by atoms with Crippen LogP contribution in [-0.2, 0) is 6.54 Å². The Morgan fingerprint density at radius 2 is 1.87 bits per heavy atom. The smallest absolute Gasteiger partial charge is 0.195 e. The number of aromatic amines is 1. The number of nitrogens with zero attached hydrogens (tertiary/aromatic N) is 2. The van der Waals surface area contributed by atoms with Crippen LogP contribution in [0.5, 0.6) is 0 Å². The van der Waals surface area contributed by atoms with Gasteiger partial charge in [0.05, 0.1) is 0 Å². The fourth-order valence-corrected chi connectivity index (χ4v) is 2.97. The molecule has 1 fully saturated rings. The van der Waals surface area contributed by atoms with Gasteiger partial charge in [0.2, 0.25) is 0 Å². The molecule has 1 aromatic rings. The summed E-state index contributed by atoms with van der Waals surface area (Å²) in [7, 11) is 0. The molecule has 0 atom stereocenters. The standard InChI is InChI=1S/C11H19N3S/c1-6-14-8(12-13-9(14)15)7-10(2,3)11(7,4)5/h7H,6H2,1-5H3,(H,13,15). The lowest BCUT2D eigenvalue weighted by Gasteiger charge is -2.04. The zero-order chi connectivity index (χ0) is 11.4. The number of hydrogen-bond acceptors (Lipinski definition) is 2. The third kappa shape index (κ3) is 1.24. The van der Waals surface area contributed by atoms with Crippen LogP contribution < -0.4 is 0 Å². The third-order valence-corrected chi connectivity index (χ3v) is 4.69. The van der Waals surface area contributed by atoms with Crippen molar-refractivity contribution < 1.29 is 0 Å². The Morgan fingerprint density at radius 3 is 2.27 bits per heavy atom. The third-order valence-electron chi connectivity index (χ3n) is 4.38. The van der Waals surface area contributed by atoms with E-state index in [-0.39, 0.29) is 0 Å². The highest BCUT2D eigenvalue weighted by Gasteiger charge is 2.67. The van der Waals surface area contributed by atoms with Crippen molar-refractivity contribution in [2.24, 2.45) is 10.8 Å². The average Bonchev–Trinajstić information content (AvgIpc) is 2.44. The summed E-state index contributed by atoms with van der Waals surface area (Å²) < 4.78 is 2.85. The first-order valence-corrected chi connectivity index (χ1v) is 5.90. The van der Waals surface area contributed by atoms with Crippen LogP contribution in [0.15, 0.2) is 0 Å². The molecule has 1 aliphatic carbocycles. The van der Waals surface area contributed by atoms with Crippen LogP contribution in [0.3, 0.4) is 0 Å². The Labute approximate surface area is 95.9 Å². The summed E-state index contributed by atoms with van der Waals surface area (Å²) in [6.07, 6.45) is 0. The van der Waals surface area contributed by atoms with Gasteiger partial charge in [0, 0.05) is 12.5 Å². The van der Waals surface area contributed by atoms with Gasteiger partial charge in [0.15, 0.2) is 4.77 Å². The summed E-state index contributed by atoms with van der Waals surface area (Å²) >= 11 is 5.21. The van der Waals surface area contributed by atoms with Gasteiger partial charge in [-0.1, -0.05) is 27.7 Å². The van der Waals surface area contributed by atoms with Crippen LogP contribution in [0.1, 0.15) is 46.4 Å². The van der Waals surface area contributed by atoms with Crippen LogP contribution in [-0.4, -0.2) is 14.8 Å². The van der Waals surface area contributed by atoms with Crippen molar-refractivity contribution in [2.45, 2.75) is 47.1 Å². The van der Waals surface area contributed by atoms with E-state index in [0.717, 1.165) is 17.1 Å². The molecule has 0 amide bonds. The largest absolute Gasteiger partial charge is 0.304 e. The summed E-state index contributed by atoms with van der Waals surface area (Å²) in [5, 5.41) is 7.29. The van der Waals surface area contributed by atoms with Crippen molar-refractivity contribution in [1.29, 1.82) is 0 Å². The van der Waals surface area contributed by atoms with Gasteiger partial charge in [0.25, 0.3) is 0 Å². The zero-order valence-corrected chi connectivity index (χ0v) is 10.9. The van der Waals surface area contributed by atoms with E-state index in [0.29, 0.717) is 16.7 Å². The van der Waals surface area contributed by atoms with Crippen molar-refractivity contribution in [3.8, 4) is 0 Å². The Hall–Kier alpha value is -0.640. The summed E-state index contributed by atoms with van der Waals surface area (Å²) in [6.45, 7) is 12.2. The van der Waals surface area contributed by atoms with Gasteiger partial charge >= 0.3 is 0 Å². The molecule has 0 saturated heterocycles. The predicted octanol–water partition coefficient (Wildman–Crippen LogP) is 3.11. The quantitative estimate of drug-likeness (QED) is 0.785. The van der Waals surface area contributed by atoms with Gasteiger partial charge in [-0.3, -0.25) is 5.10 Å².